The maximum Gasteiger partial charge on any atom is 0.346 e. The van der Waals surface area contributed by atoms with Crippen molar-refractivity contribution in [3.8, 4) is 17.1 Å². The first-order chi connectivity index (χ1) is 17.6. The second-order valence-electron chi connectivity index (χ2n) is 7.94. The normalized spacial score (nSPS) is 15.2. The second-order valence-corrected chi connectivity index (χ2v) is 7.94. The molecule has 3 aromatic heterocycles. The van der Waals surface area contributed by atoms with Gasteiger partial charge in [0.2, 0.25) is 5.88 Å². The fourth-order valence-corrected chi connectivity index (χ4v) is 3.94. The number of pyridine rings is 1. The first kappa shape index (κ1) is 23.2. The van der Waals surface area contributed by atoms with Crippen molar-refractivity contribution in [2.75, 3.05) is 31.0 Å². The number of imidazole rings is 1. The number of methoxy groups -OCH3 is 1. The highest BCUT2D eigenvalue weighted by Crippen LogP contribution is 2.32. The van der Waals surface area contributed by atoms with E-state index in [0.29, 0.717) is 35.6 Å². The number of carbonyl (C=O) groups excluding carboxylic acids is 2. The van der Waals surface area contributed by atoms with Crippen LogP contribution in [0, 0.1) is 0 Å². The van der Waals surface area contributed by atoms with E-state index in [-0.39, 0.29) is 17.7 Å². The molecule has 4 heterocycles. The lowest BCUT2D eigenvalue weighted by atomic mass is 10.1. The molecule has 0 unspecified atom stereocenters. The predicted molar refractivity (Wildman–Crippen MR) is 129 cm³/mol. The van der Waals surface area contributed by atoms with Crippen LogP contribution < -0.4 is 15.4 Å². The topological polar surface area (TPSA) is 143 Å². The van der Waals surface area contributed by atoms with Crippen molar-refractivity contribution in [2.45, 2.75) is 12.5 Å². The number of aromatic nitrogens is 4. The summed E-state index contributed by atoms with van der Waals surface area (Å²) in [6.45, 7) is -0.217. The Balaban J connectivity index is 1.40. The van der Waals surface area contributed by atoms with Crippen LogP contribution in [0.4, 0.5) is 16.3 Å². The van der Waals surface area contributed by atoms with Crippen LogP contribution >= 0.6 is 0 Å². The maximum atomic E-state index is 13.1. The van der Waals surface area contributed by atoms with Crippen LogP contribution in [-0.2, 0) is 9.63 Å². The number of fused-ring (bicyclic) bond motifs is 1. The van der Waals surface area contributed by atoms with Gasteiger partial charge >= 0.3 is 6.03 Å². The lowest BCUT2D eigenvalue weighted by Gasteiger charge is -2.23. The van der Waals surface area contributed by atoms with Gasteiger partial charge in [-0.25, -0.2) is 19.3 Å². The van der Waals surface area contributed by atoms with Crippen molar-refractivity contribution in [1.29, 1.82) is 0 Å². The third-order valence-electron chi connectivity index (χ3n) is 5.60. The number of hydrogen-bond acceptors (Lipinski definition) is 8. The van der Waals surface area contributed by atoms with Gasteiger partial charge in [-0.1, -0.05) is 30.3 Å². The molecule has 3 amide bonds. The van der Waals surface area contributed by atoms with Crippen LogP contribution in [0.5, 0.6) is 5.88 Å². The van der Waals surface area contributed by atoms with Gasteiger partial charge in [0.15, 0.2) is 11.5 Å². The number of amides is 3. The monoisotopic (exact) mass is 489 g/mol. The minimum atomic E-state index is -0.646. The largest absolute Gasteiger partial charge is 0.480 e. The predicted octanol–water partition coefficient (Wildman–Crippen LogP) is 2.64. The molecule has 12 heteroatoms. The zero-order chi connectivity index (χ0) is 25.1. The molecule has 1 aliphatic rings. The van der Waals surface area contributed by atoms with E-state index >= 15 is 0 Å². The van der Waals surface area contributed by atoms with Crippen molar-refractivity contribution in [2.24, 2.45) is 0 Å². The Hall–Kier alpha value is -4.55. The number of hydroxylamine groups is 2. The molecule has 3 N–H and O–H groups in total. The van der Waals surface area contributed by atoms with Crippen LogP contribution in [0.15, 0.2) is 60.9 Å². The van der Waals surface area contributed by atoms with Crippen LogP contribution in [-0.4, -0.2) is 62.0 Å². The number of ether oxygens (including phenoxy) is 1. The Kier molecular flexibility index (Phi) is 6.43. The summed E-state index contributed by atoms with van der Waals surface area (Å²) >= 11 is 0. The van der Waals surface area contributed by atoms with E-state index in [1.807, 2.05) is 30.3 Å². The smallest absolute Gasteiger partial charge is 0.346 e. The minimum Gasteiger partial charge on any atom is -0.480 e. The summed E-state index contributed by atoms with van der Waals surface area (Å²) < 4.78 is 6.84. The Morgan fingerprint density at radius 3 is 2.81 bits per heavy atom. The SMILES string of the molecule is COc1ncc(-c2ccc3nc(NC(=O)CO)cn3n2)cc1NC(=O)N1OCC[C@H]1c1ccccc1. The van der Waals surface area contributed by atoms with Gasteiger partial charge in [-0.3, -0.25) is 9.63 Å². The summed E-state index contributed by atoms with van der Waals surface area (Å²) in [5, 5.41) is 20.1. The summed E-state index contributed by atoms with van der Waals surface area (Å²) in [6, 6.07) is 14.2. The van der Waals surface area contributed by atoms with Crippen LogP contribution in [0.3, 0.4) is 0 Å². The van der Waals surface area contributed by atoms with Crippen molar-refractivity contribution in [3.05, 3.63) is 66.5 Å². The lowest BCUT2D eigenvalue weighted by molar-refractivity contribution is -0.118. The highest BCUT2D eigenvalue weighted by molar-refractivity contribution is 5.91. The fraction of sp³-hybridized carbons (Fsp3) is 0.208. The molecule has 36 heavy (non-hydrogen) atoms. The maximum absolute atomic E-state index is 13.1. The van der Waals surface area contributed by atoms with Crippen LogP contribution in [0.25, 0.3) is 16.9 Å². The van der Waals surface area contributed by atoms with E-state index in [9.17, 15) is 9.59 Å². The average Bonchev–Trinajstić information content (AvgIpc) is 3.55. The molecule has 4 aromatic rings. The van der Waals surface area contributed by atoms with Gasteiger partial charge in [0.05, 0.1) is 31.6 Å². The Labute approximate surface area is 205 Å². The van der Waals surface area contributed by atoms with Crippen LogP contribution in [0.2, 0.25) is 0 Å². The molecular formula is C24H23N7O5. The number of anilines is 2. The molecule has 0 aliphatic carbocycles. The molecule has 5 rings (SSSR count). The number of carbonyl (C=O) groups is 2. The zero-order valence-electron chi connectivity index (χ0n) is 19.3. The van der Waals surface area contributed by atoms with Gasteiger partial charge < -0.3 is 20.5 Å². The Morgan fingerprint density at radius 2 is 2.03 bits per heavy atom. The summed E-state index contributed by atoms with van der Waals surface area (Å²) in [5.41, 5.74) is 3.00. The molecule has 1 atom stereocenters. The van der Waals surface area contributed by atoms with Crippen molar-refractivity contribution >= 4 is 29.1 Å². The number of aliphatic hydroxyl groups is 1. The minimum absolute atomic E-state index is 0.209. The number of aliphatic hydroxyl groups excluding tert-OH is 1. The van der Waals surface area contributed by atoms with E-state index in [0.717, 1.165) is 5.56 Å². The van der Waals surface area contributed by atoms with Gasteiger partial charge in [-0.2, -0.15) is 10.2 Å². The van der Waals surface area contributed by atoms with Crippen molar-refractivity contribution in [1.82, 2.24) is 24.6 Å². The first-order valence-electron chi connectivity index (χ1n) is 11.2. The third-order valence-corrected chi connectivity index (χ3v) is 5.60. The van der Waals surface area contributed by atoms with Crippen LogP contribution in [0.1, 0.15) is 18.0 Å². The van der Waals surface area contributed by atoms with Gasteiger partial charge in [0.1, 0.15) is 12.3 Å². The number of benzene rings is 1. The van der Waals surface area contributed by atoms with E-state index < -0.39 is 18.5 Å². The van der Waals surface area contributed by atoms with Gasteiger partial charge in [-0.05, 0) is 23.8 Å². The molecule has 184 valence electrons. The molecule has 1 fully saturated rings. The average molecular weight is 489 g/mol. The van der Waals surface area contributed by atoms with Gasteiger partial charge in [0.25, 0.3) is 5.91 Å². The molecule has 0 saturated carbocycles. The number of nitrogens with one attached hydrogen (secondary N) is 2. The molecule has 1 saturated heterocycles. The molecule has 1 aromatic carbocycles. The van der Waals surface area contributed by atoms with E-state index in [2.05, 4.69) is 25.7 Å². The third kappa shape index (κ3) is 4.67. The summed E-state index contributed by atoms with van der Waals surface area (Å²) in [5.74, 6) is -0.0757. The molecule has 0 bridgehead atoms. The second kappa shape index (κ2) is 9.98. The van der Waals surface area contributed by atoms with Gasteiger partial charge in [-0.15, -0.1) is 0 Å². The Bertz CT molecular complexity index is 1410. The first-order valence-corrected chi connectivity index (χ1v) is 11.2. The number of urea groups is 1. The number of nitrogens with zero attached hydrogens (tertiary/aromatic N) is 5. The molecule has 12 nitrogen and oxygen atoms in total. The zero-order valence-corrected chi connectivity index (χ0v) is 19.3. The van der Waals surface area contributed by atoms with Gasteiger partial charge in [0, 0.05) is 18.2 Å². The summed E-state index contributed by atoms with van der Waals surface area (Å²) in [6.07, 6.45) is 3.79. The standard InChI is InChI=1S/C24H23N7O5/c1-35-23-18(26-24(34)31-19(9-10-36-31)15-5-3-2-4-6-15)11-16(12-25-23)17-7-8-21-27-20(13-30(21)29-17)28-22(33)14-32/h2-8,11-13,19,32H,9-10,14H2,1H3,(H,26,34)(H,28,33)/t19-/m0/s1. The lowest BCUT2D eigenvalue weighted by Crippen LogP contribution is -2.33. The number of hydrogen-bond donors (Lipinski definition) is 3. The van der Waals surface area contributed by atoms with E-state index in [1.165, 1.54) is 22.9 Å². The quantitative estimate of drug-likeness (QED) is 0.375. The molecular weight excluding hydrogens is 466 g/mol. The van der Waals surface area contributed by atoms with Crippen molar-refractivity contribution < 1.29 is 24.3 Å². The summed E-state index contributed by atoms with van der Waals surface area (Å²) in [4.78, 5) is 38.7. The Morgan fingerprint density at radius 1 is 1.19 bits per heavy atom. The number of rotatable bonds is 6. The molecule has 0 radical (unpaired) electrons. The summed E-state index contributed by atoms with van der Waals surface area (Å²) in [7, 11) is 1.47. The van der Waals surface area contributed by atoms with E-state index in [1.54, 1.807) is 24.4 Å². The highest BCUT2D eigenvalue weighted by atomic mass is 16.7. The fourth-order valence-electron chi connectivity index (χ4n) is 3.94. The molecule has 0 spiro atoms. The van der Waals surface area contributed by atoms with Crippen molar-refractivity contribution in [3.63, 3.8) is 0 Å². The highest BCUT2D eigenvalue weighted by Gasteiger charge is 2.32. The molecule has 1 aliphatic heterocycles. The van der Waals surface area contributed by atoms with E-state index in [4.69, 9.17) is 14.7 Å².